The Bertz CT molecular complexity index is 797. The quantitative estimate of drug-likeness (QED) is 0.851. The number of allylic oxidation sites excluding steroid dienone is 1. The Hall–Kier alpha value is -2.11. The number of halogens is 1. The highest BCUT2D eigenvalue weighted by Gasteiger charge is 2.28. The first-order valence-corrected chi connectivity index (χ1v) is 9.15. The maximum Gasteiger partial charge on any atom is 0.303 e. The zero-order chi connectivity index (χ0) is 17.3. The lowest BCUT2D eigenvalue weighted by Crippen LogP contribution is -2.03. The number of hydrogen-bond donors (Lipinski definition) is 1. The van der Waals surface area contributed by atoms with Gasteiger partial charge in [0.25, 0.3) is 0 Å². The molecule has 2 unspecified atom stereocenters. The van der Waals surface area contributed by atoms with Gasteiger partial charge in [0.1, 0.15) is 12.1 Å². The Morgan fingerprint density at radius 3 is 2.67 bits per heavy atom. The molecular weight excluding hydrogens is 327 g/mol. The third kappa shape index (κ3) is 3.52. The number of rotatable bonds is 4. The maximum absolute atomic E-state index is 13.6. The van der Waals surface area contributed by atoms with Gasteiger partial charge in [0.15, 0.2) is 4.90 Å². The summed E-state index contributed by atoms with van der Waals surface area (Å²) in [6.07, 6.45) is 4.18. The second-order valence-corrected chi connectivity index (χ2v) is 7.30. The molecule has 2 atom stereocenters. The highest BCUT2D eigenvalue weighted by atomic mass is 32.2. The van der Waals surface area contributed by atoms with Crippen molar-refractivity contribution in [3.63, 3.8) is 0 Å². The summed E-state index contributed by atoms with van der Waals surface area (Å²) in [6, 6.07) is 12.0. The topological polar surface area (TPSA) is 60.4 Å². The van der Waals surface area contributed by atoms with Crippen LogP contribution in [0.1, 0.15) is 35.4 Å². The van der Waals surface area contributed by atoms with E-state index >= 15 is 0 Å². The summed E-state index contributed by atoms with van der Waals surface area (Å²) < 4.78 is 25.0. The molecule has 124 valence electrons. The van der Waals surface area contributed by atoms with Crippen LogP contribution >= 0.6 is 0 Å². The van der Waals surface area contributed by atoms with E-state index in [1.54, 1.807) is 12.3 Å². The van der Waals surface area contributed by atoms with Crippen LogP contribution in [0.15, 0.2) is 47.4 Å². The van der Waals surface area contributed by atoms with Crippen molar-refractivity contribution >= 4 is 28.8 Å². The average Bonchev–Trinajstić information content (AvgIpc) is 2.84. The number of carbonyl (C=O) groups is 1. The summed E-state index contributed by atoms with van der Waals surface area (Å²) in [5.41, 5.74) is 3.62. The number of benzene rings is 2. The molecule has 3 nitrogen and oxygen atoms in total. The Kier molecular flexibility index (Phi) is 4.73. The first-order chi connectivity index (χ1) is 11.4. The van der Waals surface area contributed by atoms with Crippen molar-refractivity contribution in [3.05, 3.63) is 65.0 Å². The zero-order valence-electron chi connectivity index (χ0n) is 13.2. The smallest absolute Gasteiger partial charge is 0.303 e. The van der Waals surface area contributed by atoms with Crippen LogP contribution in [0.25, 0.3) is 11.6 Å². The second kappa shape index (κ2) is 6.79. The second-order valence-electron chi connectivity index (χ2n) is 5.92. The van der Waals surface area contributed by atoms with Crippen molar-refractivity contribution in [3.8, 4) is 0 Å². The molecule has 1 aliphatic carbocycles. The van der Waals surface area contributed by atoms with E-state index in [2.05, 4.69) is 0 Å². The monoisotopic (exact) mass is 344 g/mol. The fraction of sp³-hybridized carbons (Fsp3) is 0.211. The minimum Gasteiger partial charge on any atom is -0.612 e. The van der Waals surface area contributed by atoms with Crippen LogP contribution in [-0.4, -0.2) is 21.9 Å². The molecule has 1 N–H and O–H groups in total. The van der Waals surface area contributed by atoms with Gasteiger partial charge in [-0.15, -0.1) is 0 Å². The van der Waals surface area contributed by atoms with E-state index in [0.29, 0.717) is 6.42 Å². The molecular formula is C19H17FO3S. The molecule has 24 heavy (non-hydrogen) atoms. The van der Waals surface area contributed by atoms with Crippen molar-refractivity contribution in [1.82, 2.24) is 0 Å². The largest absolute Gasteiger partial charge is 0.612 e. The SMILES string of the molecule is C[S+]([O-])c1ccc(/C=C2\CC(CC(=O)O)c3cc(F)ccc32)cc1. The molecule has 0 fully saturated rings. The predicted molar refractivity (Wildman–Crippen MR) is 92.7 cm³/mol. The lowest BCUT2D eigenvalue weighted by molar-refractivity contribution is -0.137. The first-order valence-electron chi connectivity index (χ1n) is 7.59. The fourth-order valence-corrected chi connectivity index (χ4v) is 3.65. The summed E-state index contributed by atoms with van der Waals surface area (Å²) in [4.78, 5) is 11.8. The normalized spacial score (nSPS) is 19.3. The van der Waals surface area contributed by atoms with Crippen molar-refractivity contribution < 1.29 is 18.8 Å². The van der Waals surface area contributed by atoms with E-state index in [-0.39, 0.29) is 18.2 Å². The van der Waals surface area contributed by atoms with Gasteiger partial charge in [0.2, 0.25) is 0 Å². The van der Waals surface area contributed by atoms with Gasteiger partial charge in [-0.1, -0.05) is 12.1 Å². The summed E-state index contributed by atoms with van der Waals surface area (Å²) >= 11 is -1.02. The van der Waals surface area contributed by atoms with Gasteiger partial charge in [-0.3, -0.25) is 4.79 Å². The van der Waals surface area contributed by atoms with Gasteiger partial charge in [0.05, 0.1) is 6.42 Å². The standard InChI is InChI=1S/C19H17FO3S/c1-24(23)16-5-2-12(3-6-16)8-13-9-14(10-19(21)22)18-11-15(20)4-7-17(13)18/h2-8,11,14H,9-10H2,1H3,(H,21,22)/b13-8+. The van der Waals surface area contributed by atoms with Gasteiger partial charge in [-0.05, 0) is 82.2 Å². The van der Waals surface area contributed by atoms with Crippen LogP contribution in [-0.2, 0) is 16.0 Å². The molecule has 1 aliphatic rings. The maximum atomic E-state index is 13.6. The Labute approximate surface area is 143 Å². The lowest BCUT2D eigenvalue weighted by Gasteiger charge is -2.07. The molecule has 2 aromatic rings. The van der Waals surface area contributed by atoms with Crippen LogP contribution in [0.2, 0.25) is 0 Å². The highest BCUT2D eigenvalue weighted by Crippen LogP contribution is 2.44. The summed E-state index contributed by atoms with van der Waals surface area (Å²) in [7, 11) is 0. The molecule has 0 amide bonds. The average molecular weight is 344 g/mol. The third-order valence-electron chi connectivity index (χ3n) is 4.24. The molecule has 5 heteroatoms. The van der Waals surface area contributed by atoms with Gasteiger partial charge in [-0.25, -0.2) is 4.39 Å². The van der Waals surface area contributed by atoms with Gasteiger partial charge in [0, 0.05) is 0 Å². The number of carboxylic acids is 1. The van der Waals surface area contributed by atoms with Crippen LogP contribution in [0.3, 0.4) is 0 Å². The molecule has 0 heterocycles. The van der Waals surface area contributed by atoms with Crippen LogP contribution in [0.4, 0.5) is 4.39 Å². The zero-order valence-corrected chi connectivity index (χ0v) is 14.0. The fourth-order valence-electron chi connectivity index (χ4n) is 3.14. The van der Waals surface area contributed by atoms with Crippen molar-refractivity contribution in [2.24, 2.45) is 0 Å². The van der Waals surface area contributed by atoms with E-state index in [9.17, 15) is 13.7 Å². The molecule has 0 radical (unpaired) electrons. The molecule has 0 saturated heterocycles. The van der Waals surface area contributed by atoms with E-state index in [1.165, 1.54) is 12.1 Å². The number of hydrogen-bond acceptors (Lipinski definition) is 2. The minimum absolute atomic E-state index is 0.0124. The molecule has 3 rings (SSSR count). The van der Waals surface area contributed by atoms with E-state index in [4.69, 9.17) is 5.11 Å². The number of carboxylic acid groups (broad SMARTS) is 1. The summed E-state index contributed by atoms with van der Waals surface area (Å²) in [6.45, 7) is 0. The molecule has 2 aromatic carbocycles. The van der Waals surface area contributed by atoms with E-state index in [1.807, 2.05) is 30.3 Å². The molecule has 0 bridgehead atoms. The van der Waals surface area contributed by atoms with Crippen LogP contribution in [0, 0.1) is 5.82 Å². The highest BCUT2D eigenvalue weighted by molar-refractivity contribution is 7.90. The Morgan fingerprint density at radius 2 is 2.04 bits per heavy atom. The number of fused-ring (bicyclic) bond motifs is 1. The van der Waals surface area contributed by atoms with E-state index in [0.717, 1.165) is 27.2 Å². The summed E-state index contributed by atoms with van der Waals surface area (Å²) in [5, 5.41) is 9.09. The lowest BCUT2D eigenvalue weighted by atomic mass is 9.98. The molecule has 0 aliphatic heterocycles. The molecule has 0 saturated carbocycles. The Balaban J connectivity index is 1.95. The van der Waals surface area contributed by atoms with Crippen molar-refractivity contribution in [2.75, 3.05) is 6.26 Å². The number of aliphatic carboxylic acids is 1. The van der Waals surface area contributed by atoms with Gasteiger partial charge >= 0.3 is 5.97 Å². The predicted octanol–water partition coefficient (Wildman–Crippen LogP) is 4.07. The van der Waals surface area contributed by atoms with Crippen LogP contribution < -0.4 is 0 Å². The summed E-state index contributed by atoms with van der Waals surface area (Å²) in [5.74, 6) is -1.44. The van der Waals surface area contributed by atoms with Gasteiger partial charge < -0.3 is 9.66 Å². The van der Waals surface area contributed by atoms with Crippen molar-refractivity contribution in [2.45, 2.75) is 23.7 Å². The third-order valence-corrected chi connectivity index (χ3v) is 5.18. The van der Waals surface area contributed by atoms with Gasteiger partial charge in [-0.2, -0.15) is 0 Å². The van der Waals surface area contributed by atoms with E-state index < -0.39 is 17.1 Å². The van der Waals surface area contributed by atoms with Crippen molar-refractivity contribution in [1.29, 1.82) is 0 Å². The van der Waals surface area contributed by atoms with Crippen LogP contribution in [0.5, 0.6) is 0 Å². The first kappa shape index (κ1) is 16.7. The Morgan fingerprint density at radius 1 is 1.33 bits per heavy atom. The minimum atomic E-state index is -1.02. The molecule has 0 aromatic heterocycles. The molecule has 0 spiro atoms.